The molecule has 0 N–H and O–H groups in total. The molecule has 0 saturated heterocycles. The van der Waals surface area contributed by atoms with Gasteiger partial charge in [-0.2, -0.15) is 0 Å². The number of hydrogen-bond donors (Lipinski definition) is 0. The molecule has 0 aliphatic heterocycles. The number of halogens is 2. The summed E-state index contributed by atoms with van der Waals surface area (Å²) in [7, 11) is 11.0. The van der Waals surface area contributed by atoms with E-state index in [2.05, 4.69) is 0 Å². The van der Waals surface area contributed by atoms with Crippen molar-refractivity contribution in [3.8, 4) is 0 Å². The van der Waals surface area contributed by atoms with E-state index < -0.39 is 15.9 Å². The molecule has 0 aromatic rings. The second-order valence-corrected chi connectivity index (χ2v) is 18.7. The van der Waals surface area contributed by atoms with Crippen molar-refractivity contribution < 1.29 is 0 Å². The minimum atomic E-state index is -2.08. The first-order chi connectivity index (χ1) is 2.00. The van der Waals surface area contributed by atoms with Crippen LogP contribution < -0.4 is 0 Å². The summed E-state index contributed by atoms with van der Waals surface area (Å²) < 4.78 is 0. The van der Waals surface area contributed by atoms with Crippen LogP contribution in [0.5, 0.6) is 0 Å². The Morgan fingerprint density at radius 2 is 1.20 bits per heavy atom. The van der Waals surface area contributed by atoms with Crippen molar-refractivity contribution in [3.63, 3.8) is 0 Å². The van der Waals surface area contributed by atoms with Crippen molar-refractivity contribution in [1.29, 1.82) is 0 Å². The summed E-state index contributed by atoms with van der Waals surface area (Å²) in [5.41, 5.74) is 0. The monoisotopic (exact) mass is 230 g/mol. The third kappa shape index (κ3) is 32.5. The molecule has 3 heteroatoms. The molecule has 0 spiro atoms. The second kappa shape index (κ2) is 1.89. The molecule has 0 heterocycles. The maximum atomic E-state index is 5.49. The van der Waals surface area contributed by atoms with Crippen molar-refractivity contribution in [1.82, 2.24) is 0 Å². The quantitative estimate of drug-likeness (QED) is 0.558. The van der Waals surface area contributed by atoms with Gasteiger partial charge in [-0.3, -0.25) is 0 Å². The zero-order valence-corrected chi connectivity index (χ0v) is 7.01. The Hall–Kier alpha value is 1.37. The molecule has 0 bridgehead atoms. The van der Waals surface area contributed by atoms with E-state index in [-0.39, 0.29) is 0 Å². The molecule has 0 aromatic heterocycles. The first kappa shape index (κ1) is 6.37. The Balaban J connectivity index is 3.02. The third-order valence-electron chi connectivity index (χ3n) is 0. The molecule has 0 amide bonds. The van der Waals surface area contributed by atoms with Gasteiger partial charge >= 0.3 is 43.8 Å². The summed E-state index contributed by atoms with van der Waals surface area (Å²) in [6.45, 7) is 0. The fourth-order valence-corrected chi connectivity index (χ4v) is 0. The van der Waals surface area contributed by atoms with E-state index in [4.69, 9.17) is 17.9 Å². The third-order valence-corrected chi connectivity index (χ3v) is 0. The predicted molar refractivity (Wildman–Crippen MR) is 29.2 cm³/mol. The molecule has 0 aromatic carbocycles. The van der Waals surface area contributed by atoms with Crippen molar-refractivity contribution in [2.45, 2.75) is 9.94 Å². The Kier molecular flexibility index (Phi) is 2.40. The molecule has 0 radical (unpaired) electrons. The van der Waals surface area contributed by atoms with E-state index in [0.29, 0.717) is 0 Å². The standard InChI is InChI=1S/C2H6Cl2Te/c1-5(2,3)4/h1-2H3. The summed E-state index contributed by atoms with van der Waals surface area (Å²) in [4.78, 5) is 3.82. The summed E-state index contributed by atoms with van der Waals surface area (Å²) in [5, 5.41) is 0. The Labute approximate surface area is 43.7 Å². The van der Waals surface area contributed by atoms with Crippen LogP contribution in [0.15, 0.2) is 0 Å². The first-order valence-electron chi connectivity index (χ1n) is 1.13. The molecule has 0 atom stereocenters. The number of hydrogen-bond acceptors (Lipinski definition) is 0. The zero-order chi connectivity index (χ0) is 4.50. The van der Waals surface area contributed by atoms with E-state index in [9.17, 15) is 0 Å². The molecular weight excluding hydrogens is 223 g/mol. The second-order valence-electron chi connectivity index (χ2n) is 1.08. The van der Waals surface area contributed by atoms with Crippen molar-refractivity contribution >= 4 is 33.9 Å². The topological polar surface area (TPSA) is 0 Å². The van der Waals surface area contributed by atoms with Gasteiger partial charge in [-0.1, -0.05) is 0 Å². The average Bonchev–Trinajstić information content (AvgIpc) is 0.722. The molecule has 0 aliphatic carbocycles. The van der Waals surface area contributed by atoms with Gasteiger partial charge in [0.25, 0.3) is 0 Å². The minimum absolute atomic E-state index is 1.91. The van der Waals surface area contributed by atoms with Gasteiger partial charge < -0.3 is 0 Å². The summed E-state index contributed by atoms with van der Waals surface area (Å²) >= 11 is -2.08. The molecule has 0 saturated carbocycles. The fourth-order valence-electron chi connectivity index (χ4n) is 0. The Bertz CT molecular complexity index is 23.1. The normalized spacial score (nSPS) is 15.2. The van der Waals surface area contributed by atoms with Crippen LogP contribution in [0.25, 0.3) is 0 Å². The molecule has 0 aliphatic rings. The van der Waals surface area contributed by atoms with Gasteiger partial charge in [-0.05, 0) is 0 Å². The maximum absolute atomic E-state index is 5.49. The van der Waals surface area contributed by atoms with Crippen molar-refractivity contribution in [2.75, 3.05) is 0 Å². The first-order valence-corrected chi connectivity index (χ1v) is 11.7. The fraction of sp³-hybridized carbons (Fsp3) is 1.00. The van der Waals surface area contributed by atoms with Crippen molar-refractivity contribution in [3.05, 3.63) is 0 Å². The van der Waals surface area contributed by atoms with Crippen LogP contribution >= 0.6 is 17.9 Å². The van der Waals surface area contributed by atoms with Crippen LogP contribution in [0, 0.1) is 0 Å². The van der Waals surface area contributed by atoms with Gasteiger partial charge in [0.1, 0.15) is 0 Å². The van der Waals surface area contributed by atoms with Crippen LogP contribution in [0.1, 0.15) is 0 Å². The summed E-state index contributed by atoms with van der Waals surface area (Å²) in [5.74, 6) is 0. The van der Waals surface area contributed by atoms with Gasteiger partial charge in [0.15, 0.2) is 0 Å². The van der Waals surface area contributed by atoms with Crippen LogP contribution in [0.3, 0.4) is 0 Å². The van der Waals surface area contributed by atoms with Crippen molar-refractivity contribution in [2.24, 2.45) is 0 Å². The van der Waals surface area contributed by atoms with Gasteiger partial charge in [0.2, 0.25) is 0 Å². The van der Waals surface area contributed by atoms with E-state index in [1.54, 1.807) is 0 Å². The van der Waals surface area contributed by atoms with E-state index in [0.717, 1.165) is 0 Å². The molecule has 0 unspecified atom stereocenters. The van der Waals surface area contributed by atoms with Crippen LogP contribution in [0.2, 0.25) is 9.94 Å². The molecular formula is C2H6Cl2Te. The SMILES string of the molecule is C[Te](C)(Cl)Cl. The Morgan fingerprint density at radius 3 is 1.20 bits per heavy atom. The predicted octanol–water partition coefficient (Wildman–Crippen LogP) is 2.17. The molecule has 34 valence electrons. The van der Waals surface area contributed by atoms with E-state index in [1.165, 1.54) is 0 Å². The summed E-state index contributed by atoms with van der Waals surface area (Å²) in [6.07, 6.45) is 0. The van der Waals surface area contributed by atoms with Crippen LogP contribution in [0.4, 0.5) is 0 Å². The van der Waals surface area contributed by atoms with Gasteiger partial charge in [-0.15, -0.1) is 0 Å². The summed E-state index contributed by atoms with van der Waals surface area (Å²) in [6, 6.07) is 0. The molecule has 0 rings (SSSR count). The van der Waals surface area contributed by atoms with E-state index in [1.807, 2.05) is 9.94 Å². The van der Waals surface area contributed by atoms with Crippen LogP contribution in [-0.2, 0) is 0 Å². The average molecular weight is 229 g/mol. The molecule has 5 heavy (non-hydrogen) atoms. The molecule has 0 fully saturated rings. The Morgan fingerprint density at radius 1 is 1.20 bits per heavy atom. The van der Waals surface area contributed by atoms with Gasteiger partial charge in [0, 0.05) is 0 Å². The van der Waals surface area contributed by atoms with Crippen LogP contribution in [-0.4, -0.2) is 15.9 Å². The van der Waals surface area contributed by atoms with Gasteiger partial charge in [0.05, 0.1) is 0 Å². The number of rotatable bonds is 0. The zero-order valence-electron chi connectivity index (χ0n) is 3.16. The van der Waals surface area contributed by atoms with E-state index >= 15 is 0 Å². The van der Waals surface area contributed by atoms with Gasteiger partial charge in [-0.25, -0.2) is 0 Å². The molecule has 0 nitrogen and oxygen atoms in total.